The van der Waals surface area contributed by atoms with Gasteiger partial charge in [-0.05, 0) is 37.5 Å². The minimum atomic E-state index is -0.120. The molecule has 0 unspecified atom stereocenters. The molecule has 0 bridgehead atoms. The predicted octanol–water partition coefficient (Wildman–Crippen LogP) is 2.84. The number of anilines is 1. The zero-order valence-electron chi connectivity index (χ0n) is 10.9. The fourth-order valence-electron chi connectivity index (χ4n) is 1.79. The van der Waals surface area contributed by atoms with Crippen LogP contribution in [0.1, 0.15) is 34.1 Å². The summed E-state index contributed by atoms with van der Waals surface area (Å²) in [5, 5.41) is 9.72. The molecule has 0 aliphatic carbocycles. The number of rotatable bonds is 3. The van der Waals surface area contributed by atoms with Gasteiger partial charge >= 0.3 is 0 Å². The van der Waals surface area contributed by atoms with E-state index < -0.39 is 0 Å². The standard InChI is InChI=1S/C14H17N3O/c1-4-11-8-13(17-16-11)15-14(18)12-7-5-6-9(2)10(12)3/h5-8H,4H2,1-3H3,(H2,15,16,17,18). The Kier molecular flexibility index (Phi) is 3.46. The zero-order valence-corrected chi connectivity index (χ0v) is 10.9. The van der Waals surface area contributed by atoms with Gasteiger partial charge < -0.3 is 5.32 Å². The van der Waals surface area contributed by atoms with Crippen molar-refractivity contribution in [3.8, 4) is 0 Å². The van der Waals surface area contributed by atoms with Gasteiger partial charge in [0.25, 0.3) is 5.91 Å². The Morgan fingerprint density at radius 3 is 2.83 bits per heavy atom. The molecule has 1 aromatic carbocycles. The third-order valence-electron chi connectivity index (χ3n) is 3.10. The third kappa shape index (κ3) is 2.42. The highest BCUT2D eigenvalue weighted by Crippen LogP contribution is 2.15. The topological polar surface area (TPSA) is 57.8 Å². The number of nitrogens with zero attached hydrogens (tertiary/aromatic N) is 1. The van der Waals surface area contributed by atoms with Crippen LogP contribution in [0, 0.1) is 13.8 Å². The van der Waals surface area contributed by atoms with Crippen molar-refractivity contribution in [2.24, 2.45) is 0 Å². The van der Waals surface area contributed by atoms with Crippen LogP contribution in [-0.2, 0) is 6.42 Å². The van der Waals surface area contributed by atoms with Crippen molar-refractivity contribution in [2.45, 2.75) is 27.2 Å². The van der Waals surface area contributed by atoms with Gasteiger partial charge in [-0.3, -0.25) is 9.89 Å². The lowest BCUT2D eigenvalue weighted by Gasteiger charge is -2.07. The Balaban J connectivity index is 2.19. The molecule has 94 valence electrons. The van der Waals surface area contributed by atoms with Gasteiger partial charge in [0, 0.05) is 17.3 Å². The number of aromatic amines is 1. The first-order valence-corrected chi connectivity index (χ1v) is 6.03. The fourth-order valence-corrected chi connectivity index (χ4v) is 1.79. The number of nitrogens with one attached hydrogen (secondary N) is 2. The van der Waals surface area contributed by atoms with Crippen LogP contribution < -0.4 is 5.32 Å². The van der Waals surface area contributed by atoms with Gasteiger partial charge in [0.2, 0.25) is 0 Å². The summed E-state index contributed by atoms with van der Waals surface area (Å²) in [5.41, 5.74) is 3.81. The van der Waals surface area contributed by atoms with Gasteiger partial charge in [-0.2, -0.15) is 5.10 Å². The molecular formula is C14H17N3O. The molecule has 1 amide bonds. The van der Waals surface area contributed by atoms with Crippen molar-refractivity contribution in [3.05, 3.63) is 46.6 Å². The largest absolute Gasteiger partial charge is 0.305 e. The molecule has 0 radical (unpaired) electrons. The van der Waals surface area contributed by atoms with Crippen molar-refractivity contribution < 1.29 is 4.79 Å². The van der Waals surface area contributed by atoms with E-state index in [2.05, 4.69) is 15.5 Å². The average Bonchev–Trinajstić information content (AvgIpc) is 2.80. The van der Waals surface area contributed by atoms with E-state index in [0.29, 0.717) is 11.4 Å². The second-order valence-corrected chi connectivity index (χ2v) is 4.33. The molecular weight excluding hydrogens is 226 g/mol. The minimum Gasteiger partial charge on any atom is -0.305 e. The molecule has 2 N–H and O–H groups in total. The average molecular weight is 243 g/mol. The maximum absolute atomic E-state index is 12.1. The summed E-state index contributed by atoms with van der Waals surface area (Å²) in [7, 11) is 0. The van der Waals surface area contributed by atoms with Crippen molar-refractivity contribution in [1.29, 1.82) is 0 Å². The Morgan fingerprint density at radius 1 is 1.39 bits per heavy atom. The molecule has 1 heterocycles. The minimum absolute atomic E-state index is 0.120. The first-order valence-electron chi connectivity index (χ1n) is 6.03. The van der Waals surface area contributed by atoms with Crippen LogP contribution in [0.3, 0.4) is 0 Å². The van der Waals surface area contributed by atoms with Crippen LogP contribution in [0.2, 0.25) is 0 Å². The Bertz CT molecular complexity index is 572. The van der Waals surface area contributed by atoms with Crippen LogP contribution in [0.4, 0.5) is 5.82 Å². The van der Waals surface area contributed by atoms with E-state index in [-0.39, 0.29) is 5.91 Å². The summed E-state index contributed by atoms with van der Waals surface area (Å²) in [4.78, 5) is 12.1. The van der Waals surface area contributed by atoms with Gasteiger partial charge in [0.15, 0.2) is 5.82 Å². The highest BCUT2D eigenvalue weighted by Gasteiger charge is 2.11. The van der Waals surface area contributed by atoms with Crippen molar-refractivity contribution in [3.63, 3.8) is 0 Å². The van der Waals surface area contributed by atoms with Crippen LogP contribution in [-0.4, -0.2) is 16.1 Å². The highest BCUT2D eigenvalue weighted by molar-refractivity contribution is 6.04. The molecule has 4 nitrogen and oxygen atoms in total. The van der Waals surface area contributed by atoms with Crippen LogP contribution in [0.25, 0.3) is 0 Å². The summed E-state index contributed by atoms with van der Waals surface area (Å²) in [6.07, 6.45) is 0.867. The third-order valence-corrected chi connectivity index (χ3v) is 3.10. The van der Waals surface area contributed by atoms with Crippen LogP contribution >= 0.6 is 0 Å². The van der Waals surface area contributed by atoms with Crippen molar-refractivity contribution in [1.82, 2.24) is 10.2 Å². The maximum Gasteiger partial charge on any atom is 0.257 e. The summed E-state index contributed by atoms with van der Waals surface area (Å²) in [6.45, 7) is 5.98. The van der Waals surface area contributed by atoms with Gasteiger partial charge in [-0.25, -0.2) is 0 Å². The fraction of sp³-hybridized carbons (Fsp3) is 0.286. The van der Waals surface area contributed by atoms with Gasteiger partial charge in [0.1, 0.15) is 0 Å². The van der Waals surface area contributed by atoms with E-state index in [1.807, 2.05) is 45.0 Å². The maximum atomic E-state index is 12.1. The molecule has 4 heteroatoms. The molecule has 0 aliphatic rings. The van der Waals surface area contributed by atoms with Gasteiger partial charge in [-0.1, -0.05) is 19.1 Å². The summed E-state index contributed by atoms with van der Waals surface area (Å²) >= 11 is 0. The van der Waals surface area contributed by atoms with E-state index >= 15 is 0 Å². The second kappa shape index (κ2) is 5.04. The van der Waals surface area contributed by atoms with E-state index in [0.717, 1.165) is 23.2 Å². The lowest BCUT2D eigenvalue weighted by atomic mass is 10.0. The summed E-state index contributed by atoms with van der Waals surface area (Å²) in [5.74, 6) is 0.447. The molecule has 1 aromatic heterocycles. The Hall–Kier alpha value is -2.10. The normalized spacial score (nSPS) is 10.4. The molecule has 0 spiro atoms. The smallest absolute Gasteiger partial charge is 0.257 e. The Morgan fingerprint density at radius 2 is 2.17 bits per heavy atom. The molecule has 2 rings (SSSR count). The number of benzene rings is 1. The Labute approximate surface area is 106 Å². The second-order valence-electron chi connectivity index (χ2n) is 4.33. The molecule has 0 saturated heterocycles. The summed E-state index contributed by atoms with van der Waals surface area (Å²) < 4.78 is 0. The van der Waals surface area contributed by atoms with Gasteiger partial charge in [-0.15, -0.1) is 0 Å². The number of hydrogen-bond acceptors (Lipinski definition) is 2. The summed E-state index contributed by atoms with van der Waals surface area (Å²) in [6, 6.07) is 7.56. The first kappa shape index (κ1) is 12.4. The van der Waals surface area contributed by atoms with Crippen molar-refractivity contribution in [2.75, 3.05) is 5.32 Å². The van der Waals surface area contributed by atoms with E-state index in [4.69, 9.17) is 0 Å². The highest BCUT2D eigenvalue weighted by atomic mass is 16.1. The molecule has 0 atom stereocenters. The van der Waals surface area contributed by atoms with E-state index in [9.17, 15) is 4.79 Å². The van der Waals surface area contributed by atoms with Crippen LogP contribution in [0.15, 0.2) is 24.3 Å². The predicted molar refractivity (Wildman–Crippen MR) is 71.8 cm³/mol. The quantitative estimate of drug-likeness (QED) is 0.870. The SMILES string of the molecule is CCc1cc(NC(=O)c2cccc(C)c2C)n[nH]1. The van der Waals surface area contributed by atoms with Crippen LogP contribution in [0.5, 0.6) is 0 Å². The number of aromatic nitrogens is 2. The molecule has 2 aromatic rings. The lowest BCUT2D eigenvalue weighted by molar-refractivity contribution is 0.102. The molecule has 0 aliphatic heterocycles. The van der Waals surface area contributed by atoms with E-state index in [1.54, 1.807) is 0 Å². The number of amides is 1. The lowest BCUT2D eigenvalue weighted by Crippen LogP contribution is -2.14. The number of hydrogen-bond donors (Lipinski definition) is 2. The molecule has 0 saturated carbocycles. The zero-order chi connectivity index (χ0) is 13.1. The van der Waals surface area contributed by atoms with Gasteiger partial charge in [0.05, 0.1) is 0 Å². The monoisotopic (exact) mass is 243 g/mol. The number of H-pyrrole nitrogens is 1. The molecule has 0 fully saturated rings. The molecule has 18 heavy (non-hydrogen) atoms. The van der Waals surface area contributed by atoms with Crippen molar-refractivity contribution >= 4 is 11.7 Å². The van der Waals surface area contributed by atoms with E-state index in [1.165, 1.54) is 0 Å². The number of aryl methyl sites for hydroxylation is 2. The first-order chi connectivity index (χ1) is 8.61. The number of carbonyl (C=O) groups is 1. The number of carbonyl (C=O) groups excluding carboxylic acids is 1.